The lowest BCUT2D eigenvalue weighted by molar-refractivity contribution is 0.567. The van der Waals surface area contributed by atoms with Crippen molar-refractivity contribution in [1.29, 1.82) is 0 Å². The minimum absolute atomic E-state index is 0.194. The number of aryl methyl sites for hydroxylation is 1. The van der Waals surface area contributed by atoms with Gasteiger partial charge in [-0.2, -0.15) is 5.10 Å². The Morgan fingerprint density at radius 3 is 3.07 bits per heavy atom. The molecule has 1 atom stereocenters. The standard InChI is InChI=1S/C10H14N4S/c1-3-14-8(4-5-13-14)10(11-2)9-6-12-7-15-9/h4-7,10-11H,3H2,1-2H3. The van der Waals surface area contributed by atoms with E-state index in [1.54, 1.807) is 11.3 Å². The zero-order chi connectivity index (χ0) is 10.7. The van der Waals surface area contributed by atoms with Crippen molar-refractivity contribution >= 4 is 11.3 Å². The third-order valence-corrected chi connectivity index (χ3v) is 3.21. The van der Waals surface area contributed by atoms with E-state index in [1.165, 1.54) is 10.6 Å². The molecule has 0 fully saturated rings. The molecule has 0 saturated heterocycles. The van der Waals surface area contributed by atoms with Crippen LogP contribution in [0.5, 0.6) is 0 Å². The molecular formula is C10H14N4S. The summed E-state index contributed by atoms with van der Waals surface area (Å²) >= 11 is 1.66. The second-order valence-electron chi connectivity index (χ2n) is 3.20. The van der Waals surface area contributed by atoms with Crippen LogP contribution in [0.2, 0.25) is 0 Å². The second-order valence-corrected chi connectivity index (χ2v) is 4.12. The fraction of sp³-hybridized carbons (Fsp3) is 0.400. The lowest BCUT2D eigenvalue weighted by Crippen LogP contribution is -2.20. The molecule has 0 amide bonds. The van der Waals surface area contributed by atoms with E-state index in [-0.39, 0.29) is 6.04 Å². The molecule has 1 N–H and O–H groups in total. The molecule has 1 unspecified atom stereocenters. The van der Waals surface area contributed by atoms with Crippen molar-refractivity contribution in [1.82, 2.24) is 20.1 Å². The van der Waals surface area contributed by atoms with Crippen LogP contribution in [0.1, 0.15) is 23.5 Å². The van der Waals surface area contributed by atoms with Crippen molar-refractivity contribution in [2.75, 3.05) is 7.05 Å². The maximum absolute atomic E-state index is 4.27. The maximum atomic E-state index is 4.27. The Balaban J connectivity index is 2.35. The summed E-state index contributed by atoms with van der Waals surface area (Å²) < 4.78 is 2.00. The Morgan fingerprint density at radius 2 is 2.47 bits per heavy atom. The summed E-state index contributed by atoms with van der Waals surface area (Å²) in [4.78, 5) is 5.32. The fourth-order valence-electron chi connectivity index (χ4n) is 1.66. The summed E-state index contributed by atoms with van der Waals surface area (Å²) in [5, 5.41) is 7.57. The van der Waals surface area contributed by atoms with Gasteiger partial charge in [0.05, 0.1) is 17.2 Å². The van der Waals surface area contributed by atoms with Crippen molar-refractivity contribution in [2.45, 2.75) is 19.5 Å². The second kappa shape index (κ2) is 4.55. The molecule has 2 aromatic rings. The smallest absolute Gasteiger partial charge is 0.0855 e. The molecule has 0 aliphatic heterocycles. The van der Waals surface area contributed by atoms with Crippen molar-refractivity contribution in [3.05, 3.63) is 34.5 Å². The molecule has 0 saturated carbocycles. The molecule has 0 aliphatic rings. The normalized spacial score (nSPS) is 12.9. The van der Waals surface area contributed by atoms with Crippen molar-refractivity contribution < 1.29 is 0 Å². The Kier molecular flexibility index (Phi) is 3.13. The monoisotopic (exact) mass is 222 g/mol. The molecule has 0 bridgehead atoms. The lowest BCUT2D eigenvalue weighted by Gasteiger charge is -2.15. The van der Waals surface area contributed by atoms with Gasteiger partial charge < -0.3 is 5.32 Å². The predicted octanol–water partition coefficient (Wildman–Crippen LogP) is 1.67. The summed E-state index contributed by atoms with van der Waals surface area (Å²) in [6, 6.07) is 2.24. The molecule has 80 valence electrons. The molecule has 2 heterocycles. The van der Waals surface area contributed by atoms with Gasteiger partial charge in [-0.25, -0.2) is 0 Å². The maximum Gasteiger partial charge on any atom is 0.0855 e. The van der Waals surface area contributed by atoms with Crippen LogP contribution in [0, 0.1) is 0 Å². The average molecular weight is 222 g/mol. The Bertz CT molecular complexity index is 407. The molecule has 2 aromatic heterocycles. The van der Waals surface area contributed by atoms with Gasteiger partial charge in [0.1, 0.15) is 0 Å². The Hall–Kier alpha value is -1.20. The largest absolute Gasteiger partial charge is 0.307 e. The third kappa shape index (κ3) is 1.93. The zero-order valence-electron chi connectivity index (χ0n) is 8.84. The van der Waals surface area contributed by atoms with E-state index >= 15 is 0 Å². The quantitative estimate of drug-likeness (QED) is 0.855. The molecule has 0 spiro atoms. The Labute approximate surface area is 93.0 Å². The van der Waals surface area contributed by atoms with Crippen LogP contribution in [0.4, 0.5) is 0 Å². The van der Waals surface area contributed by atoms with Gasteiger partial charge in [-0.1, -0.05) is 0 Å². The SMILES string of the molecule is CCn1nccc1C(NC)c1cncs1. The van der Waals surface area contributed by atoms with Gasteiger partial charge >= 0.3 is 0 Å². The molecule has 0 aromatic carbocycles. The molecule has 0 radical (unpaired) electrons. The van der Waals surface area contributed by atoms with Gasteiger partial charge in [0.2, 0.25) is 0 Å². The molecule has 5 heteroatoms. The lowest BCUT2D eigenvalue weighted by atomic mass is 10.2. The fourth-order valence-corrected chi connectivity index (χ4v) is 2.40. The number of hydrogen-bond donors (Lipinski definition) is 1. The first kappa shape index (κ1) is 10.3. The summed E-state index contributed by atoms with van der Waals surface area (Å²) in [7, 11) is 1.96. The van der Waals surface area contributed by atoms with Gasteiger partial charge in [-0.05, 0) is 20.0 Å². The molecule has 0 aliphatic carbocycles. The van der Waals surface area contributed by atoms with Gasteiger partial charge in [0.15, 0.2) is 0 Å². The van der Waals surface area contributed by atoms with Crippen LogP contribution >= 0.6 is 11.3 Å². The van der Waals surface area contributed by atoms with Crippen molar-refractivity contribution in [3.63, 3.8) is 0 Å². The highest BCUT2D eigenvalue weighted by atomic mass is 32.1. The first-order chi connectivity index (χ1) is 7.36. The van der Waals surface area contributed by atoms with Gasteiger partial charge in [-0.15, -0.1) is 11.3 Å². The minimum Gasteiger partial charge on any atom is -0.307 e. The van der Waals surface area contributed by atoms with Crippen LogP contribution in [0.3, 0.4) is 0 Å². The average Bonchev–Trinajstić information content (AvgIpc) is 2.89. The van der Waals surface area contributed by atoms with E-state index in [0.717, 1.165) is 6.54 Å². The first-order valence-electron chi connectivity index (χ1n) is 4.94. The van der Waals surface area contributed by atoms with E-state index in [9.17, 15) is 0 Å². The zero-order valence-corrected chi connectivity index (χ0v) is 9.66. The number of thiazole rings is 1. The van der Waals surface area contributed by atoms with Crippen LogP contribution in [0.15, 0.2) is 24.0 Å². The van der Waals surface area contributed by atoms with Crippen molar-refractivity contribution in [2.24, 2.45) is 0 Å². The summed E-state index contributed by atoms with van der Waals surface area (Å²) in [5.74, 6) is 0. The molecule has 2 rings (SSSR count). The highest BCUT2D eigenvalue weighted by Gasteiger charge is 2.16. The van der Waals surface area contributed by atoms with Crippen LogP contribution in [0.25, 0.3) is 0 Å². The van der Waals surface area contributed by atoms with E-state index in [2.05, 4.69) is 22.3 Å². The highest BCUT2D eigenvalue weighted by molar-refractivity contribution is 7.09. The topological polar surface area (TPSA) is 42.7 Å². The number of hydrogen-bond acceptors (Lipinski definition) is 4. The summed E-state index contributed by atoms with van der Waals surface area (Å²) in [5.41, 5.74) is 3.04. The molecule has 4 nitrogen and oxygen atoms in total. The summed E-state index contributed by atoms with van der Waals surface area (Å²) in [6.07, 6.45) is 3.74. The van der Waals surface area contributed by atoms with E-state index in [4.69, 9.17) is 0 Å². The summed E-state index contributed by atoms with van der Waals surface area (Å²) in [6.45, 7) is 2.98. The Morgan fingerprint density at radius 1 is 1.60 bits per heavy atom. The third-order valence-electron chi connectivity index (χ3n) is 2.37. The van der Waals surface area contributed by atoms with Gasteiger partial charge in [0.25, 0.3) is 0 Å². The van der Waals surface area contributed by atoms with Crippen LogP contribution in [-0.2, 0) is 6.54 Å². The van der Waals surface area contributed by atoms with E-state index < -0.39 is 0 Å². The van der Waals surface area contributed by atoms with E-state index in [1.807, 2.05) is 35.7 Å². The number of nitrogens with one attached hydrogen (secondary N) is 1. The van der Waals surface area contributed by atoms with E-state index in [0.29, 0.717) is 0 Å². The number of aromatic nitrogens is 3. The first-order valence-corrected chi connectivity index (χ1v) is 5.82. The molecule has 15 heavy (non-hydrogen) atoms. The number of nitrogens with zero attached hydrogens (tertiary/aromatic N) is 3. The predicted molar refractivity (Wildman–Crippen MR) is 60.9 cm³/mol. The molecular weight excluding hydrogens is 208 g/mol. The minimum atomic E-state index is 0.194. The number of rotatable bonds is 4. The van der Waals surface area contributed by atoms with Gasteiger partial charge in [0, 0.05) is 23.8 Å². The van der Waals surface area contributed by atoms with Crippen LogP contribution in [-0.4, -0.2) is 21.8 Å². The van der Waals surface area contributed by atoms with Crippen LogP contribution < -0.4 is 5.32 Å². The van der Waals surface area contributed by atoms with Crippen molar-refractivity contribution in [3.8, 4) is 0 Å². The highest BCUT2D eigenvalue weighted by Crippen LogP contribution is 2.24. The van der Waals surface area contributed by atoms with Gasteiger partial charge in [-0.3, -0.25) is 9.67 Å².